The van der Waals surface area contributed by atoms with Crippen molar-refractivity contribution in [3.8, 4) is 0 Å². The first kappa shape index (κ1) is 14.8. The monoisotopic (exact) mass is 313 g/mol. The standard InChI is InChI=1S/C13H13Cl2N3O2/c1-18(7-8-4-9(14)6-10(15)5-8)13(20)11-2-3-12(19)17-16-11/h4-6H,2-3,7H2,1H3,(H,17,19). The summed E-state index contributed by atoms with van der Waals surface area (Å²) in [5.74, 6) is -0.396. The largest absolute Gasteiger partial charge is 0.336 e. The van der Waals surface area contributed by atoms with Gasteiger partial charge >= 0.3 is 0 Å². The minimum Gasteiger partial charge on any atom is -0.336 e. The van der Waals surface area contributed by atoms with Crippen LogP contribution in [0, 0.1) is 0 Å². The Kier molecular flexibility index (Phi) is 4.62. The normalized spacial score (nSPS) is 14.6. The maximum absolute atomic E-state index is 12.2. The van der Waals surface area contributed by atoms with E-state index < -0.39 is 0 Å². The van der Waals surface area contributed by atoms with Gasteiger partial charge in [-0.3, -0.25) is 9.59 Å². The van der Waals surface area contributed by atoms with Crippen LogP contribution in [0.2, 0.25) is 10.0 Å². The quantitative estimate of drug-likeness (QED) is 0.930. The Hall–Kier alpha value is -1.59. The number of amides is 2. The van der Waals surface area contributed by atoms with Crippen molar-refractivity contribution in [2.24, 2.45) is 5.10 Å². The van der Waals surface area contributed by atoms with Crippen molar-refractivity contribution in [3.63, 3.8) is 0 Å². The molecule has 0 unspecified atom stereocenters. The van der Waals surface area contributed by atoms with Gasteiger partial charge in [0.05, 0.1) is 0 Å². The smallest absolute Gasteiger partial charge is 0.270 e. The van der Waals surface area contributed by atoms with Crippen LogP contribution in [0.15, 0.2) is 23.3 Å². The maximum atomic E-state index is 12.2. The molecule has 1 aliphatic rings. The van der Waals surface area contributed by atoms with Crippen LogP contribution in [0.4, 0.5) is 0 Å². The van der Waals surface area contributed by atoms with Gasteiger partial charge < -0.3 is 4.90 Å². The van der Waals surface area contributed by atoms with Crippen molar-refractivity contribution in [2.45, 2.75) is 19.4 Å². The molecule has 0 fully saturated rings. The molecule has 1 aromatic rings. The third-order valence-corrected chi connectivity index (χ3v) is 3.28. The van der Waals surface area contributed by atoms with E-state index in [1.165, 1.54) is 4.90 Å². The van der Waals surface area contributed by atoms with Crippen LogP contribution in [0.3, 0.4) is 0 Å². The van der Waals surface area contributed by atoms with E-state index in [2.05, 4.69) is 10.5 Å². The van der Waals surface area contributed by atoms with Crippen LogP contribution in [0.5, 0.6) is 0 Å². The molecule has 1 aromatic carbocycles. The van der Waals surface area contributed by atoms with Gasteiger partial charge in [-0.2, -0.15) is 5.10 Å². The minimum absolute atomic E-state index is 0.175. The number of hydrogen-bond donors (Lipinski definition) is 1. The number of halogens is 2. The van der Waals surface area contributed by atoms with E-state index in [4.69, 9.17) is 23.2 Å². The van der Waals surface area contributed by atoms with Gasteiger partial charge in [0.1, 0.15) is 5.71 Å². The first-order valence-electron chi connectivity index (χ1n) is 6.01. The first-order valence-corrected chi connectivity index (χ1v) is 6.77. The maximum Gasteiger partial charge on any atom is 0.270 e. The Morgan fingerprint density at radius 1 is 1.30 bits per heavy atom. The van der Waals surface area contributed by atoms with Gasteiger partial charge in [0.15, 0.2) is 0 Å². The van der Waals surface area contributed by atoms with Crippen LogP contribution in [0.1, 0.15) is 18.4 Å². The topological polar surface area (TPSA) is 61.8 Å². The van der Waals surface area contributed by atoms with E-state index >= 15 is 0 Å². The molecule has 5 nitrogen and oxygen atoms in total. The lowest BCUT2D eigenvalue weighted by molar-refractivity contribution is -0.124. The number of nitrogens with zero attached hydrogens (tertiary/aromatic N) is 2. The summed E-state index contributed by atoms with van der Waals surface area (Å²) in [6.45, 7) is 0.367. The molecule has 2 rings (SSSR count). The average Bonchev–Trinajstić information content (AvgIpc) is 2.37. The second kappa shape index (κ2) is 6.24. The number of rotatable bonds is 3. The molecule has 2 amide bonds. The molecule has 0 saturated heterocycles. The summed E-state index contributed by atoms with van der Waals surface area (Å²) in [7, 11) is 1.66. The van der Waals surface area contributed by atoms with Gasteiger partial charge in [0.25, 0.3) is 5.91 Å². The summed E-state index contributed by atoms with van der Waals surface area (Å²) in [5.41, 5.74) is 3.49. The Balaban J connectivity index is 2.06. The molecule has 1 heterocycles. The molecule has 0 atom stereocenters. The number of hydrazone groups is 1. The number of carbonyl (C=O) groups excluding carboxylic acids is 2. The van der Waals surface area contributed by atoms with Crippen molar-refractivity contribution in [2.75, 3.05) is 7.05 Å². The molecule has 106 valence electrons. The van der Waals surface area contributed by atoms with Crippen LogP contribution in [0.25, 0.3) is 0 Å². The summed E-state index contributed by atoms with van der Waals surface area (Å²) in [6, 6.07) is 5.14. The molecule has 0 spiro atoms. The summed E-state index contributed by atoms with van der Waals surface area (Å²) in [4.78, 5) is 24.7. The first-order chi connectivity index (χ1) is 9.45. The Labute approximate surface area is 126 Å². The van der Waals surface area contributed by atoms with Gasteiger partial charge in [0, 0.05) is 36.5 Å². The predicted molar refractivity (Wildman–Crippen MR) is 77.7 cm³/mol. The molecule has 1 N–H and O–H groups in total. The van der Waals surface area contributed by atoms with Crippen molar-refractivity contribution in [3.05, 3.63) is 33.8 Å². The molecular formula is C13H13Cl2N3O2. The number of nitrogens with one attached hydrogen (secondary N) is 1. The number of benzene rings is 1. The lowest BCUT2D eigenvalue weighted by Gasteiger charge is -2.20. The molecule has 0 radical (unpaired) electrons. The number of carbonyl (C=O) groups is 2. The minimum atomic E-state index is -0.221. The highest BCUT2D eigenvalue weighted by Crippen LogP contribution is 2.20. The summed E-state index contributed by atoms with van der Waals surface area (Å²) >= 11 is 11.8. The summed E-state index contributed by atoms with van der Waals surface area (Å²) in [6.07, 6.45) is 0.632. The van der Waals surface area contributed by atoms with E-state index in [1.807, 2.05) is 0 Å². The molecule has 20 heavy (non-hydrogen) atoms. The molecule has 7 heteroatoms. The molecule has 0 aromatic heterocycles. The highest BCUT2D eigenvalue weighted by atomic mass is 35.5. The second-order valence-corrected chi connectivity index (χ2v) is 5.41. The molecule has 0 bridgehead atoms. The van der Waals surface area contributed by atoms with Crippen LogP contribution in [-0.4, -0.2) is 29.5 Å². The summed E-state index contributed by atoms with van der Waals surface area (Å²) < 4.78 is 0. The molecule has 0 saturated carbocycles. The fourth-order valence-electron chi connectivity index (χ4n) is 1.90. The van der Waals surface area contributed by atoms with Crippen molar-refractivity contribution in [1.29, 1.82) is 0 Å². The summed E-state index contributed by atoms with van der Waals surface area (Å²) in [5, 5.41) is 4.83. The lowest BCUT2D eigenvalue weighted by atomic mass is 10.1. The van der Waals surface area contributed by atoms with Gasteiger partial charge in [-0.05, 0) is 23.8 Å². The Morgan fingerprint density at radius 2 is 1.95 bits per heavy atom. The van der Waals surface area contributed by atoms with Crippen LogP contribution < -0.4 is 5.43 Å². The predicted octanol–water partition coefficient (Wildman–Crippen LogP) is 2.22. The zero-order valence-corrected chi connectivity index (χ0v) is 12.3. The Morgan fingerprint density at radius 3 is 2.50 bits per heavy atom. The fourth-order valence-corrected chi connectivity index (χ4v) is 2.47. The zero-order valence-electron chi connectivity index (χ0n) is 10.8. The van der Waals surface area contributed by atoms with E-state index in [-0.39, 0.29) is 18.2 Å². The average molecular weight is 314 g/mol. The van der Waals surface area contributed by atoms with E-state index in [0.717, 1.165) is 5.56 Å². The second-order valence-electron chi connectivity index (χ2n) is 4.53. The Bertz CT molecular complexity index is 567. The van der Waals surface area contributed by atoms with Gasteiger partial charge in [-0.15, -0.1) is 0 Å². The van der Waals surface area contributed by atoms with Gasteiger partial charge in [0.2, 0.25) is 5.91 Å². The highest BCUT2D eigenvalue weighted by Gasteiger charge is 2.21. The van der Waals surface area contributed by atoms with E-state index in [1.54, 1.807) is 25.2 Å². The highest BCUT2D eigenvalue weighted by molar-refractivity contribution is 6.39. The molecule has 1 aliphatic heterocycles. The number of hydrogen-bond acceptors (Lipinski definition) is 3. The van der Waals surface area contributed by atoms with Crippen LogP contribution in [-0.2, 0) is 16.1 Å². The van der Waals surface area contributed by atoms with Crippen molar-refractivity contribution >= 4 is 40.7 Å². The lowest BCUT2D eigenvalue weighted by Crippen LogP contribution is -2.37. The third-order valence-electron chi connectivity index (χ3n) is 2.84. The third kappa shape index (κ3) is 3.71. The molecule has 0 aliphatic carbocycles. The van der Waals surface area contributed by atoms with Gasteiger partial charge in [-0.25, -0.2) is 5.43 Å². The van der Waals surface area contributed by atoms with Crippen molar-refractivity contribution < 1.29 is 9.59 Å². The van der Waals surface area contributed by atoms with Gasteiger partial charge in [-0.1, -0.05) is 23.2 Å². The zero-order chi connectivity index (χ0) is 14.7. The fraction of sp³-hybridized carbons (Fsp3) is 0.308. The molecular weight excluding hydrogens is 301 g/mol. The van der Waals surface area contributed by atoms with Crippen molar-refractivity contribution in [1.82, 2.24) is 10.3 Å². The SMILES string of the molecule is CN(Cc1cc(Cl)cc(Cl)c1)C(=O)C1=NNC(=O)CC1. The van der Waals surface area contributed by atoms with E-state index in [0.29, 0.717) is 28.7 Å². The van der Waals surface area contributed by atoms with Crippen LogP contribution >= 0.6 is 23.2 Å². The van der Waals surface area contributed by atoms with E-state index in [9.17, 15) is 9.59 Å².